The Bertz CT molecular complexity index is 961. The van der Waals surface area contributed by atoms with Gasteiger partial charge in [0.2, 0.25) is 17.7 Å². The molecule has 1 heterocycles. The van der Waals surface area contributed by atoms with E-state index in [0.29, 0.717) is 18.3 Å². The average Bonchev–Trinajstić information content (AvgIpc) is 2.85. The average molecular weight is 543 g/mol. The van der Waals surface area contributed by atoms with E-state index in [1.807, 2.05) is 65.0 Å². The lowest BCUT2D eigenvalue weighted by molar-refractivity contribution is -0.133. The molecule has 8 nitrogen and oxygen atoms in total. The smallest absolute Gasteiger partial charge is 0.243 e. The third-order valence-electron chi connectivity index (χ3n) is 8.12. The van der Waals surface area contributed by atoms with Crippen molar-refractivity contribution in [2.45, 2.75) is 110 Å². The van der Waals surface area contributed by atoms with E-state index in [4.69, 9.17) is 0 Å². The number of fused-ring (bicyclic) bond motifs is 1. The molecule has 1 saturated heterocycles. The first-order valence-electron chi connectivity index (χ1n) is 14.7. The summed E-state index contributed by atoms with van der Waals surface area (Å²) in [7, 11) is 0. The first kappa shape index (κ1) is 31.1. The first-order valence-corrected chi connectivity index (χ1v) is 14.7. The highest BCUT2D eigenvalue weighted by atomic mass is 16.3. The maximum atomic E-state index is 13.4. The molecule has 1 aromatic rings. The molecule has 2 aliphatic rings. The molecule has 1 aromatic carbocycles. The number of carbonyl (C=O) groups excluding carboxylic acids is 3. The number of hydrogen-bond acceptors (Lipinski definition) is 5. The molecule has 4 N–H and O–H groups in total. The Balaban J connectivity index is 1.82. The largest absolute Gasteiger partial charge is 0.390 e. The van der Waals surface area contributed by atoms with E-state index in [1.165, 1.54) is 19.8 Å². The minimum absolute atomic E-state index is 0.00731. The van der Waals surface area contributed by atoms with Gasteiger partial charge in [0.05, 0.1) is 18.2 Å². The Kier molecular flexibility index (Phi) is 11.0. The summed E-state index contributed by atoms with van der Waals surface area (Å²) in [6, 6.07) is 8.19. The highest BCUT2D eigenvalue weighted by Gasteiger charge is 2.42. The fourth-order valence-corrected chi connectivity index (χ4v) is 6.17. The van der Waals surface area contributed by atoms with Crippen molar-refractivity contribution in [3.8, 4) is 0 Å². The molecule has 3 amide bonds. The van der Waals surface area contributed by atoms with Crippen molar-refractivity contribution in [1.29, 1.82) is 0 Å². The van der Waals surface area contributed by atoms with Crippen molar-refractivity contribution < 1.29 is 19.5 Å². The molecule has 218 valence electrons. The van der Waals surface area contributed by atoms with Gasteiger partial charge in [-0.05, 0) is 63.4 Å². The molecule has 3 rings (SSSR count). The monoisotopic (exact) mass is 542 g/mol. The van der Waals surface area contributed by atoms with Crippen molar-refractivity contribution in [2.24, 2.45) is 17.8 Å². The van der Waals surface area contributed by atoms with Gasteiger partial charge < -0.3 is 21.1 Å². The van der Waals surface area contributed by atoms with E-state index in [2.05, 4.69) is 20.9 Å². The van der Waals surface area contributed by atoms with Crippen LogP contribution < -0.4 is 16.0 Å². The molecule has 0 aromatic heterocycles. The minimum Gasteiger partial charge on any atom is -0.390 e. The molecule has 0 unspecified atom stereocenters. The van der Waals surface area contributed by atoms with E-state index in [0.717, 1.165) is 31.4 Å². The Hall–Kier alpha value is -2.45. The molecule has 1 aliphatic carbocycles. The second-order valence-corrected chi connectivity index (χ2v) is 13.0. The summed E-state index contributed by atoms with van der Waals surface area (Å²) in [6.45, 7) is 12.2. The minimum atomic E-state index is -0.899. The van der Waals surface area contributed by atoms with Crippen molar-refractivity contribution in [3.63, 3.8) is 0 Å². The van der Waals surface area contributed by atoms with Gasteiger partial charge in [0.15, 0.2) is 0 Å². The van der Waals surface area contributed by atoms with E-state index in [1.54, 1.807) is 0 Å². The summed E-state index contributed by atoms with van der Waals surface area (Å²) in [6.07, 6.45) is 5.08. The van der Waals surface area contributed by atoms with Gasteiger partial charge in [0, 0.05) is 25.6 Å². The molecule has 2 fully saturated rings. The highest BCUT2D eigenvalue weighted by molar-refractivity contribution is 5.87. The number of hydrogen-bond donors (Lipinski definition) is 4. The van der Waals surface area contributed by atoms with Crippen LogP contribution in [0.3, 0.4) is 0 Å². The zero-order chi connectivity index (χ0) is 28.7. The summed E-state index contributed by atoms with van der Waals surface area (Å²) < 4.78 is 0. The second-order valence-electron chi connectivity index (χ2n) is 13.0. The van der Waals surface area contributed by atoms with E-state index in [-0.39, 0.29) is 41.8 Å². The Morgan fingerprint density at radius 1 is 1.03 bits per heavy atom. The molecule has 6 atom stereocenters. The Labute approximate surface area is 234 Å². The lowest BCUT2D eigenvalue weighted by Gasteiger charge is -2.47. The Morgan fingerprint density at radius 2 is 1.67 bits per heavy atom. The van der Waals surface area contributed by atoms with Gasteiger partial charge in [0.1, 0.15) is 6.04 Å². The molecular weight excluding hydrogens is 492 g/mol. The van der Waals surface area contributed by atoms with Crippen LogP contribution in [0, 0.1) is 17.8 Å². The highest BCUT2D eigenvalue weighted by Crippen LogP contribution is 2.39. The maximum absolute atomic E-state index is 13.4. The zero-order valence-electron chi connectivity index (χ0n) is 24.7. The van der Waals surface area contributed by atoms with Crippen LogP contribution in [0.15, 0.2) is 30.3 Å². The van der Waals surface area contributed by atoms with Gasteiger partial charge >= 0.3 is 0 Å². The zero-order valence-corrected chi connectivity index (χ0v) is 24.7. The van der Waals surface area contributed by atoms with Crippen LogP contribution in [0.1, 0.15) is 79.2 Å². The number of nitrogens with zero attached hydrogens (tertiary/aromatic N) is 1. The maximum Gasteiger partial charge on any atom is 0.243 e. The lowest BCUT2D eigenvalue weighted by atomic mass is 9.72. The van der Waals surface area contributed by atoms with Crippen LogP contribution >= 0.6 is 0 Å². The van der Waals surface area contributed by atoms with Crippen LogP contribution in [-0.2, 0) is 20.8 Å². The van der Waals surface area contributed by atoms with Crippen LogP contribution in [0.2, 0.25) is 0 Å². The molecule has 8 heteroatoms. The number of aliphatic hydroxyl groups excluding tert-OH is 1. The predicted octanol–water partition coefficient (Wildman–Crippen LogP) is 3.03. The van der Waals surface area contributed by atoms with Crippen LogP contribution in [0.4, 0.5) is 0 Å². The lowest BCUT2D eigenvalue weighted by Crippen LogP contribution is -2.61. The van der Waals surface area contributed by atoms with Crippen molar-refractivity contribution in [3.05, 3.63) is 35.9 Å². The third kappa shape index (κ3) is 9.31. The van der Waals surface area contributed by atoms with Crippen molar-refractivity contribution in [2.75, 3.05) is 13.1 Å². The van der Waals surface area contributed by atoms with E-state index in [9.17, 15) is 19.5 Å². The van der Waals surface area contributed by atoms with Crippen molar-refractivity contribution in [1.82, 2.24) is 20.9 Å². The summed E-state index contributed by atoms with van der Waals surface area (Å²) in [5.74, 6) is 0.372. The van der Waals surface area contributed by atoms with Gasteiger partial charge in [-0.25, -0.2) is 0 Å². The number of rotatable bonds is 10. The number of carbonyl (C=O) groups is 3. The number of aliphatic hydroxyl groups is 1. The van der Waals surface area contributed by atoms with Crippen molar-refractivity contribution >= 4 is 17.7 Å². The van der Waals surface area contributed by atoms with Crippen LogP contribution in [0.25, 0.3) is 0 Å². The summed E-state index contributed by atoms with van der Waals surface area (Å²) in [4.78, 5) is 40.7. The third-order valence-corrected chi connectivity index (χ3v) is 8.12. The second kappa shape index (κ2) is 13.8. The van der Waals surface area contributed by atoms with Gasteiger partial charge in [-0.1, -0.05) is 63.4 Å². The van der Waals surface area contributed by atoms with E-state index < -0.39 is 18.2 Å². The van der Waals surface area contributed by atoms with Gasteiger partial charge in [0.25, 0.3) is 0 Å². The quantitative estimate of drug-likeness (QED) is 0.363. The van der Waals surface area contributed by atoms with Gasteiger partial charge in [-0.2, -0.15) is 0 Å². The number of β-amino-alcohol motifs (C(OH)–C–C–N with tert-alkyl or cyclic N) is 1. The number of nitrogens with one attached hydrogen (secondary N) is 3. The standard InChI is InChI=1S/C31H50N4O4/c1-20(2)28(32-21(3)36)30(39)33-25(16-22-12-8-7-9-13-22)27(37)19-35-18-24-15-11-10-14-23(24)17-26(35)29(38)34-31(4,5)6/h7-9,12-13,20,23-28,37H,10-11,14-19H2,1-6H3,(H,32,36)(H,33,39)(H,34,38)/t23-,24+,25-,26-,27+,28-/m0/s1. The fourth-order valence-electron chi connectivity index (χ4n) is 6.17. The van der Waals surface area contributed by atoms with E-state index >= 15 is 0 Å². The Morgan fingerprint density at radius 3 is 2.26 bits per heavy atom. The van der Waals surface area contributed by atoms with Gasteiger partial charge in [-0.3, -0.25) is 19.3 Å². The molecule has 39 heavy (non-hydrogen) atoms. The number of likely N-dealkylation sites (tertiary alicyclic amines) is 1. The first-order chi connectivity index (χ1) is 18.3. The van der Waals surface area contributed by atoms with Gasteiger partial charge in [-0.15, -0.1) is 0 Å². The SMILES string of the molecule is CC(=O)N[C@H](C(=O)N[C@@H](Cc1ccccc1)[C@H](O)CN1C[C@H]2CCCC[C@H]2C[C@H]1C(=O)NC(C)(C)C)C(C)C. The molecular formula is C31H50N4O4. The van der Waals surface area contributed by atoms with Crippen LogP contribution in [-0.4, -0.2) is 70.6 Å². The predicted molar refractivity (Wildman–Crippen MR) is 154 cm³/mol. The summed E-state index contributed by atoms with van der Waals surface area (Å²) in [5.41, 5.74) is 0.653. The molecule has 1 aliphatic heterocycles. The molecule has 0 radical (unpaired) electrons. The topological polar surface area (TPSA) is 111 Å². The molecule has 1 saturated carbocycles. The fraction of sp³-hybridized carbons (Fsp3) is 0.710. The number of benzene rings is 1. The van der Waals surface area contributed by atoms with Crippen LogP contribution in [0.5, 0.6) is 0 Å². The molecule has 0 spiro atoms. The number of amides is 3. The normalized spacial score (nSPS) is 24.3. The summed E-state index contributed by atoms with van der Waals surface area (Å²) in [5, 5.41) is 20.6. The molecule has 0 bridgehead atoms. The number of piperidine rings is 1. The summed E-state index contributed by atoms with van der Waals surface area (Å²) >= 11 is 0.